The monoisotopic (exact) mass is 496 g/mol. The van der Waals surface area contributed by atoms with Crippen LogP contribution in [0.15, 0.2) is 56.0 Å². The number of nitrogens with zero attached hydrogens (tertiary/aromatic N) is 4. The summed E-state index contributed by atoms with van der Waals surface area (Å²) in [4.78, 5) is 36.4. The Morgan fingerprint density at radius 1 is 1.12 bits per heavy atom. The minimum absolute atomic E-state index is 0.185. The average Bonchev–Trinajstić information content (AvgIpc) is 3.05. The molecule has 164 valence electrons. The van der Waals surface area contributed by atoms with Crippen molar-refractivity contribution in [1.29, 1.82) is 5.26 Å². The molecule has 1 aromatic carbocycles. The van der Waals surface area contributed by atoms with Gasteiger partial charge in [0, 0.05) is 41.7 Å². The molecule has 0 fully saturated rings. The van der Waals surface area contributed by atoms with E-state index < -0.39 is 17.2 Å². The lowest BCUT2D eigenvalue weighted by molar-refractivity contribution is -0.139. The third-order valence-electron chi connectivity index (χ3n) is 5.17. The van der Waals surface area contributed by atoms with Crippen LogP contribution in [0, 0.1) is 25.2 Å². The van der Waals surface area contributed by atoms with Gasteiger partial charge in [-0.1, -0.05) is 15.9 Å². The number of hydrogen-bond donors (Lipinski definition) is 0. The zero-order valence-corrected chi connectivity index (χ0v) is 19.6. The standard InChI is InChI=1S/C23H21BrN4O4/c1-14-9-16(15(2)28(14)19-7-5-18(24)6-8-19)10-17(12-25)22(30)32-13-20-11-21(29)27(4)23(31)26(20)3/h5-11H,13H2,1-4H3/b17-10+. The highest BCUT2D eigenvalue weighted by Crippen LogP contribution is 2.24. The Morgan fingerprint density at radius 3 is 2.41 bits per heavy atom. The van der Waals surface area contributed by atoms with Crippen LogP contribution in [-0.2, 0) is 30.2 Å². The number of ether oxygens (including phenoxy) is 1. The molecule has 3 rings (SSSR count). The fourth-order valence-electron chi connectivity index (χ4n) is 3.35. The summed E-state index contributed by atoms with van der Waals surface area (Å²) in [6.45, 7) is 3.53. The summed E-state index contributed by atoms with van der Waals surface area (Å²) in [6.07, 6.45) is 1.48. The van der Waals surface area contributed by atoms with Gasteiger partial charge in [-0.05, 0) is 55.8 Å². The van der Waals surface area contributed by atoms with Crippen molar-refractivity contribution in [2.75, 3.05) is 0 Å². The Hall–Kier alpha value is -3.64. The van der Waals surface area contributed by atoms with E-state index in [0.717, 1.165) is 26.1 Å². The molecule has 9 heteroatoms. The average molecular weight is 497 g/mol. The van der Waals surface area contributed by atoms with Crippen LogP contribution < -0.4 is 11.2 Å². The van der Waals surface area contributed by atoms with Gasteiger partial charge in [-0.25, -0.2) is 9.59 Å². The van der Waals surface area contributed by atoms with Crippen molar-refractivity contribution in [2.24, 2.45) is 14.1 Å². The number of aryl methyl sites for hydroxylation is 1. The molecule has 0 bridgehead atoms. The first-order valence-corrected chi connectivity index (χ1v) is 10.4. The maximum absolute atomic E-state index is 12.5. The molecule has 0 aliphatic heterocycles. The molecule has 32 heavy (non-hydrogen) atoms. The van der Waals surface area contributed by atoms with Gasteiger partial charge < -0.3 is 9.30 Å². The SMILES string of the molecule is Cc1cc(/C=C(\C#N)C(=O)OCc2cc(=O)n(C)c(=O)n2C)c(C)n1-c1ccc(Br)cc1. The third-order valence-corrected chi connectivity index (χ3v) is 5.70. The number of carbonyl (C=O) groups excluding carboxylic acids is 1. The summed E-state index contributed by atoms with van der Waals surface area (Å²) in [6, 6.07) is 12.8. The quantitative estimate of drug-likeness (QED) is 0.307. The maximum atomic E-state index is 12.5. The molecule has 2 heterocycles. The highest BCUT2D eigenvalue weighted by molar-refractivity contribution is 9.10. The van der Waals surface area contributed by atoms with Crippen molar-refractivity contribution in [1.82, 2.24) is 13.7 Å². The van der Waals surface area contributed by atoms with Crippen LogP contribution in [0.1, 0.15) is 22.6 Å². The van der Waals surface area contributed by atoms with E-state index in [4.69, 9.17) is 4.74 Å². The van der Waals surface area contributed by atoms with Gasteiger partial charge in [-0.15, -0.1) is 0 Å². The molecule has 2 aromatic heterocycles. The molecular formula is C23H21BrN4O4. The molecule has 3 aromatic rings. The van der Waals surface area contributed by atoms with E-state index in [0.29, 0.717) is 5.56 Å². The predicted molar refractivity (Wildman–Crippen MR) is 123 cm³/mol. The van der Waals surface area contributed by atoms with Crippen molar-refractivity contribution in [3.63, 3.8) is 0 Å². The number of carbonyl (C=O) groups is 1. The lowest BCUT2D eigenvalue weighted by Gasteiger charge is -2.10. The van der Waals surface area contributed by atoms with Crippen molar-refractivity contribution in [3.8, 4) is 11.8 Å². The van der Waals surface area contributed by atoms with Crippen molar-refractivity contribution in [2.45, 2.75) is 20.5 Å². The fraction of sp³-hybridized carbons (Fsp3) is 0.217. The first kappa shape index (κ1) is 23.0. The first-order valence-electron chi connectivity index (χ1n) is 9.63. The Morgan fingerprint density at radius 2 is 1.78 bits per heavy atom. The topological polar surface area (TPSA) is 99.0 Å². The Kier molecular flexibility index (Phi) is 6.65. The van der Waals surface area contributed by atoms with Crippen LogP contribution >= 0.6 is 15.9 Å². The van der Waals surface area contributed by atoms with Gasteiger partial charge in [0.1, 0.15) is 18.2 Å². The zero-order valence-electron chi connectivity index (χ0n) is 18.0. The van der Waals surface area contributed by atoms with Gasteiger partial charge in [0.2, 0.25) is 0 Å². The van der Waals surface area contributed by atoms with Gasteiger partial charge in [-0.2, -0.15) is 5.26 Å². The molecule has 0 saturated carbocycles. The molecule has 0 atom stereocenters. The molecule has 0 radical (unpaired) electrons. The summed E-state index contributed by atoms with van der Waals surface area (Å²) in [5.74, 6) is -0.839. The molecule has 0 unspecified atom stereocenters. The molecule has 0 N–H and O–H groups in total. The van der Waals surface area contributed by atoms with E-state index in [1.807, 2.05) is 54.8 Å². The van der Waals surface area contributed by atoms with E-state index in [-0.39, 0.29) is 17.9 Å². The lowest BCUT2D eigenvalue weighted by atomic mass is 10.1. The number of hydrogen-bond acceptors (Lipinski definition) is 5. The first-order chi connectivity index (χ1) is 15.1. The summed E-state index contributed by atoms with van der Waals surface area (Å²) in [7, 11) is 2.84. The number of esters is 1. The van der Waals surface area contributed by atoms with Gasteiger partial charge in [0.25, 0.3) is 5.56 Å². The van der Waals surface area contributed by atoms with Crippen LogP contribution in [0.25, 0.3) is 11.8 Å². The fourth-order valence-corrected chi connectivity index (χ4v) is 3.61. The van der Waals surface area contributed by atoms with E-state index in [1.165, 1.54) is 30.8 Å². The normalized spacial score (nSPS) is 11.3. The second kappa shape index (κ2) is 9.24. The van der Waals surface area contributed by atoms with Gasteiger partial charge in [0.05, 0.1) is 5.69 Å². The molecule has 0 aliphatic carbocycles. The van der Waals surface area contributed by atoms with Crippen LogP contribution in [-0.4, -0.2) is 19.7 Å². The zero-order chi connectivity index (χ0) is 23.6. The second-order valence-electron chi connectivity index (χ2n) is 7.26. The smallest absolute Gasteiger partial charge is 0.349 e. The summed E-state index contributed by atoms with van der Waals surface area (Å²) < 4.78 is 10.4. The van der Waals surface area contributed by atoms with Gasteiger partial charge in [-0.3, -0.25) is 13.9 Å². The number of halogens is 1. The molecule has 0 saturated heterocycles. The van der Waals surface area contributed by atoms with Crippen molar-refractivity contribution >= 4 is 28.0 Å². The molecule has 0 amide bonds. The second-order valence-corrected chi connectivity index (χ2v) is 8.17. The summed E-state index contributed by atoms with van der Waals surface area (Å²) >= 11 is 3.42. The largest absolute Gasteiger partial charge is 0.455 e. The maximum Gasteiger partial charge on any atom is 0.349 e. The van der Waals surface area contributed by atoms with Gasteiger partial charge >= 0.3 is 11.7 Å². The molecular weight excluding hydrogens is 476 g/mol. The van der Waals surface area contributed by atoms with Crippen molar-refractivity contribution in [3.05, 3.63) is 89.9 Å². The molecule has 0 spiro atoms. The number of benzene rings is 1. The van der Waals surface area contributed by atoms with Crippen LogP contribution in [0.4, 0.5) is 0 Å². The summed E-state index contributed by atoms with van der Waals surface area (Å²) in [5, 5.41) is 9.51. The van der Waals surface area contributed by atoms with Crippen LogP contribution in [0.3, 0.4) is 0 Å². The highest BCUT2D eigenvalue weighted by atomic mass is 79.9. The summed E-state index contributed by atoms with van der Waals surface area (Å²) in [5.41, 5.74) is 2.48. The third kappa shape index (κ3) is 4.50. The van der Waals surface area contributed by atoms with Crippen LogP contribution in [0.2, 0.25) is 0 Å². The minimum atomic E-state index is -0.839. The van der Waals surface area contributed by atoms with E-state index in [1.54, 1.807) is 0 Å². The highest BCUT2D eigenvalue weighted by Gasteiger charge is 2.16. The Labute approximate surface area is 192 Å². The van der Waals surface area contributed by atoms with E-state index in [9.17, 15) is 19.6 Å². The van der Waals surface area contributed by atoms with Gasteiger partial charge in [0.15, 0.2) is 0 Å². The van der Waals surface area contributed by atoms with Crippen LogP contribution in [0.5, 0.6) is 0 Å². The number of aromatic nitrogens is 3. The van der Waals surface area contributed by atoms with E-state index in [2.05, 4.69) is 15.9 Å². The number of rotatable bonds is 5. The molecule has 0 aliphatic rings. The Bertz CT molecular complexity index is 1390. The van der Waals surface area contributed by atoms with Crippen molar-refractivity contribution < 1.29 is 9.53 Å². The number of nitriles is 1. The Balaban J connectivity index is 1.87. The lowest BCUT2D eigenvalue weighted by Crippen LogP contribution is -2.38. The molecule has 8 nitrogen and oxygen atoms in total. The minimum Gasteiger partial charge on any atom is -0.455 e. The van der Waals surface area contributed by atoms with E-state index >= 15 is 0 Å². The predicted octanol–water partition coefficient (Wildman–Crippen LogP) is 2.90.